The second-order valence-electron chi connectivity index (χ2n) is 8.68. The molecule has 0 aliphatic carbocycles. The van der Waals surface area contributed by atoms with Gasteiger partial charge in [-0.1, -0.05) is 51.1 Å². The van der Waals surface area contributed by atoms with Crippen LogP contribution in [-0.4, -0.2) is 25.6 Å². The summed E-state index contributed by atoms with van der Waals surface area (Å²) in [5, 5.41) is 4.69. The normalized spacial score (nSPS) is 11.2. The van der Waals surface area contributed by atoms with Crippen molar-refractivity contribution in [2.45, 2.75) is 67.1 Å². The number of benzene rings is 1. The maximum atomic E-state index is 13.4. The molecular formula is C26H34N4O. The first-order chi connectivity index (χ1) is 14.9. The SMILES string of the molecule is CCc1ccc(CN(Cc2cccnc2)C(=O)Cc2c(C)nn(CC(C)C)c2C)cc1. The largest absolute Gasteiger partial charge is 0.334 e. The van der Waals surface area contributed by atoms with E-state index in [4.69, 9.17) is 0 Å². The van der Waals surface area contributed by atoms with Crippen LogP contribution in [0.5, 0.6) is 0 Å². The standard InChI is InChI=1S/C26H34N4O/c1-6-22-9-11-23(12-10-22)17-29(18-24-8-7-13-27-15-24)26(31)14-25-20(4)28-30(21(25)5)16-19(2)3/h7-13,15,19H,6,14,16-18H2,1-5H3. The van der Waals surface area contributed by atoms with Crippen LogP contribution >= 0.6 is 0 Å². The molecule has 0 aliphatic heterocycles. The molecule has 3 rings (SSSR count). The van der Waals surface area contributed by atoms with Crippen LogP contribution in [0.2, 0.25) is 0 Å². The molecule has 5 nitrogen and oxygen atoms in total. The van der Waals surface area contributed by atoms with Crippen LogP contribution < -0.4 is 0 Å². The van der Waals surface area contributed by atoms with E-state index in [1.165, 1.54) is 5.56 Å². The van der Waals surface area contributed by atoms with Crippen LogP contribution in [0.25, 0.3) is 0 Å². The zero-order valence-corrected chi connectivity index (χ0v) is 19.4. The molecule has 0 unspecified atom stereocenters. The molecule has 0 spiro atoms. The summed E-state index contributed by atoms with van der Waals surface area (Å²) in [7, 11) is 0. The Kier molecular flexibility index (Phi) is 7.61. The van der Waals surface area contributed by atoms with Crippen molar-refractivity contribution in [2.75, 3.05) is 0 Å². The molecule has 5 heteroatoms. The number of aromatic nitrogens is 3. The molecular weight excluding hydrogens is 384 g/mol. The van der Waals surface area contributed by atoms with E-state index in [2.05, 4.69) is 62.0 Å². The Hall–Kier alpha value is -2.95. The predicted octanol–water partition coefficient (Wildman–Crippen LogP) is 4.88. The van der Waals surface area contributed by atoms with Crippen LogP contribution in [0.3, 0.4) is 0 Å². The highest BCUT2D eigenvalue weighted by Crippen LogP contribution is 2.19. The smallest absolute Gasteiger partial charge is 0.227 e. The molecule has 0 radical (unpaired) electrons. The summed E-state index contributed by atoms with van der Waals surface area (Å²) >= 11 is 0. The molecule has 0 N–H and O–H groups in total. The average Bonchev–Trinajstić information content (AvgIpc) is 3.01. The van der Waals surface area contributed by atoms with E-state index >= 15 is 0 Å². The molecule has 0 aliphatic rings. The zero-order valence-electron chi connectivity index (χ0n) is 19.4. The molecule has 1 amide bonds. The number of aryl methyl sites for hydroxylation is 2. The lowest BCUT2D eigenvalue weighted by Crippen LogP contribution is -2.31. The van der Waals surface area contributed by atoms with E-state index in [0.29, 0.717) is 25.4 Å². The van der Waals surface area contributed by atoms with Crippen LogP contribution in [0.15, 0.2) is 48.8 Å². The lowest BCUT2D eigenvalue weighted by atomic mass is 10.1. The lowest BCUT2D eigenvalue weighted by molar-refractivity contribution is -0.131. The highest BCUT2D eigenvalue weighted by Gasteiger charge is 2.20. The number of amides is 1. The number of pyridine rings is 1. The van der Waals surface area contributed by atoms with E-state index in [9.17, 15) is 4.79 Å². The van der Waals surface area contributed by atoms with E-state index in [0.717, 1.165) is 41.0 Å². The van der Waals surface area contributed by atoms with Gasteiger partial charge in [0.2, 0.25) is 5.91 Å². The molecule has 0 fully saturated rings. The molecule has 0 saturated carbocycles. The molecule has 0 bridgehead atoms. The van der Waals surface area contributed by atoms with Gasteiger partial charge in [0.05, 0.1) is 12.1 Å². The van der Waals surface area contributed by atoms with Gasteiger partial charge in [-0.3, -0.25) is 14.5 Å². The van der Waals surface area contributed by atoms with Crippen molar-refractivity contribution in [1.82, 2.24) is 19.7 Å². The number of nitrogens with zero attached hydrogens (tertiary/aromatic N) is 4. The summed E-state index contributed by atoms with van der Waals surface area (Å²) in [5.41, 5.74) is 6.55. The van der Waals surface area contributed by atoms with Gasteiger partial charge >= 0.3 is 0 Å². The van der Waals surface area contributed by atoms with Crippen molar-refractivity contribution in [1.29, 1.82) is 0 Å². The fourth-order valence-electron chi connectivity index (χ4n) is 3.82. The minimum Gasteiger partial charge on any atom is -0.334 e. The van der Waals surface area contributed by atoms with Gasteiger partial charge in [0, 0.05) is 43.3 Å². The molecule has 2 heterocycles. The first-order valence-corrected chi connectivity index (χ1v) is 11.1. The van der Waals surface area contributed by atoms with Crippen LogP contribution in [0, 0.1) is 19.8 Å². The molecule has 164 valence electrons. The van der Waals surface area contributed by atoms with Crippen molar-refractivity contribution < 1.29 is 4.79 Å². The number of carbonyl (C=O) groups excluding carboxylic acids is 1. The van der Waals surface area contributed by atoms with Gasteiger partial charge in [-0.15, -0.1) is 0 Å². The highest BCUT2D eigenvalue weighted by atomic mass is 16.2. The number of hydrogen-bond donors (Lipinski definition) is 0. The summed E-state index contributed by atoms with van der Waals surface area (Å²) in [5.74, 6) is 0.619. The van der Waals surface area contributed by atoms with Gasteiger partial charge < -0.3 is 4.90 Å². The van der Waals surface area contributed by atoms with Crippen LogP contribution in [0.1, 0.15) is 54.4 Å². The molecule has 2 aromatic heterocycles. The third-order valence-electron chi connectivity index (χ3n) is 5.65. The van der Waals surface area contributed by atoms with Gasteiger partial charge in [-0.25, -0.2) is 0 Å². The summed E-state index contributed by atoms with van der Waals surface area (Å²) in [6.45, 7) is 12.6. The van der Waals surface area contributed by atoms with Crippen molar-refractivity contribution in [3.63, 3.8) is 0 Å². The molecule has 0 atom stereocenters. The predicted molar refractivity (Wildman–Crippen MR) is 125 cm³/mol. The third-order valence-corrected chi connectivity index (χ3v) is 5.65. The minimum atomic E-state index is 0.110. The quantitative estimate of drug-likeness (QED) is 0.497. The van der Waals surface area contributed by atoms with Gasteiger partial charge in [-0.2, -0.15) is 5.10 Å². The van der Waals surface area contributed by atoms with E-state index < -0.39 is 0 Å². The summed E-state index contributed by atoms with van der Waals surface area (Å²) in [6.07, 6.45) is 4.97. The second kappa shape index (κ2) is 10.4. The number of rotatable bonds is 9. The number of carbonyl (C=O) groups is 1. The maximum Gasteiger partial charge on any atom is 0.227 e. The maximum absolute atomic E-state index is 13.4. The fraction of sp³-hybridized carbons (Fsp3) is 0.423. The van der Waals surface area contributed by atoms with E-state index in [1.54, 1.807) is 6.20 Å². The molecule has 3 aromatic rings. The topological polar surface area (TPSA) is 51.0 Å². The van der Waals surface area contributed by atoms with Gasteiger partial charge in [0.15, 0.2) is 0 Å². The van der Waals surface area contributed by atoms with Crippen molar-refractivity contribution in [2.24, 2.45) is 5.92 Å². The van der Waals surface area contributed by atoms with Crippen molar-refractivity contribution in [3.8, 4) is 0 Å². The van der Waals surface area contributed by atoms with Gasteiger partial charge in [0.1, 0.15) is 0 Å². The third kappa shape index (κ3) is 6.03. The Bertz CT molecular complexity index is 990. The monoisotopic (exact) mass is 418 g/mol. The lowest BCUT2D eigenvalue weighted by Gasteiger charge is -2.23. The summed E-state index contributed by atoms with van der Waals surface area (Å²) in [4.78, 5) is 19.6. The Morgan fingerprint density at radius 1 is 1.03 bits per heavy atom. The fourth-order valence-corrected chi connectivity index (χ4v) is 3.82. The van der Waals surface area contributed by atoms with Crippen LogP contribution in [0.4, 0.5) is 0 Å². The highest BCUT2D eigenvalue weighted by molar-refractivity contribution is 5.79. The Labute approximate surface area is 186 Å². The average molecular weight is 419 g/mol. The molecule has 31 heavy (non-hydrogen) atoms. The number of hydrogen-bond acceptors (Lipinski definition) is 3. The van der Waals surface area contributed by atoms with Gasteiger partial charge in [0.25, 0.3) is 0 Å². The van der Waals surface area contributed by atoms with Crippen molar-refractivity contribution >= 4 is 5.91 Å². The van der Waals surface area contributed by atoms with Gasteiger partial charge in [-0.05, 0) is 48.9 Å². The summed E-state index contributed by atoms with van der Waals surface area (Å²) < 4.78 is 2.04. The zero-order chi connectivity index (χ0) is 22.4. The first kappa shape index (κ1) is 22.7. The first-order valence-electron chi connectivity index (χ1n) is 11.1. The Morgan fingerprint density at radius 3 is 2.32 bits per heavy atom. The minimum absolute atomic E-state index is 0.110. The van der Waals surface area contributed by atoms with E-state index in [1.807, 2.05) is 34.8 Å². The van der Waals surface area contributed by atoms with Crippen LogP contribution in [-0.2, 0) is 37.3 Å². The molecule has 0 saturated heterocycles. The molecule has 1 aromatic carbocycles. The second-order valence-corrected chi connectivity index (χ2v) is 8.68. The van der Waals surface area contributed by atoms with E-state index in [-0.39, 0.29) is 5.91 Å². The van der Waals surface area contributed by atoms with Crippen molar-refractivity contribution in [3.05, 3.63) is 82.4 Å². The summed E-state index contributed by atoms with van der Waals surface area (Å²) in [6, 6.07) is 12.5. The Balaban J connectivity index is 1.82. The Morgan fingerprint density at radius 2 is 1.71 bits per heavy atom.